The van der Waals surface area contributed by atoms with Crippen LogP contribution in [0, 0.1) is 0 Å². The van der Waals surface area contributed by atoms with Crippen LogP contribution in [0.15, 0.2) is 58.2 Å². The van der Waals surface area contributed by atoms with E-state index < -0.39 is 5.25 Å². The third-order valence-electron chi connectivity index (χ3n) is 4.99. The van der Waals surface area contributed by atoms with Gasteiger partial charge in [-0.25, -0.2) is 0 Å². The summed E-state index contributed by atoms with van der Waals surface area (Å²) in [5, 5.41) is 8.26. The second-order valence-corrected chi connectivity index (χ2v) is 7.94. The highest BCUT2D eigenvalue weighted by Gasteiger charge is 2.30. The number of carbonyl (C=O) groups excluding carboxylic acids is 1. The first-order chi connectivity index (χ1) is 14.3. The number of hydrogen-bond donors (Lipinski definition) is 0. The van der Waals surface area contributed by atoms with Gasteiger partial charge in [0.05, 0.1) is 0 Å². The molecule has 0 N–H and O–H groups in total. The summed E-state index contributed by atoms with van der Waals surface area (Å²) in [6, 6.07) is 15.2. The van der Waals surface area contributed by atoms with Crippen molar-refractivity contribution in [3.63, 3.8) is 0 Å². The first kappa shape index (κ1) is 18.1. The van der Waals surface area contributed by atoms with Crippen LogP contribution in [0.1, 0.15) is 23.7 Å². The van der Waals surface area contributed by atoms with Gasteiger partial charge >= 0.3 is 0 Å². The number of fused-ring (bicyclic) bond motifs is 1. The van der Waals surface area contributed by atoms with Crippen LogP contribution in [0.2, 0.25) is 0 Å². The number of hydrogen-bond acceptors (Lipinski definition) is 7. The molecule has 0 radical (unpaired) electrons. The second kappa shape index (κ2) is 7.79. The number of likely N-dealkylation sites (tertiary alicyclic amines) is 1. The van der Waals surface area contributed by atoms with E-state index in [1.54, 1.807) is 0 Å². The summed E-state index contributed by atoms with van der Waals surface area (Å²) in [6.45, 7) is 1.81. The molecule has 0 spiro atoms. The topological polar surface area (TPSA) is 77.7 Å². The molecule has 1 fully saturated rings. The summed E-state index contributed by atoms with van der Waals surface area (Å²) in [4.78, 5) is 15.1. The molecular weight excluding hydrogens is 390 g/mol. The molecule has 2 aliphatic heterocycles. The lowest BCUT2D eigenvalue weighted by Gasteiger charge is -2.22. The Labute approximate surface area is 172 Å². The highest BCUT2D eigenvalue weighted by atomic mass is 32.2. The molecule has 0 aliphatic carbocycles. The minimum absolute atomic E-state index is 0.0847. The molecule has 7 nitrogen and oxygen atoms in total. The Morgan fingerprint density at radius 2 is 1.79 bits per heavy atom. The van der Waals surface area contributed by atoms with E-state index >= 15 is 0 Å². The molecule has 8 heteroatoms. The van der Waals surface area contributed by atoms with Crippen LogP contribution >= 0.6 is 11.8 Å². The first-order valence-corrected chi connectivity index (χ1v) is 10.4. The fourth-order valence-electron chi connectivity index (χ4n) is 3.50. The number of rotatable bonds is 5. The summed E-state index contributed by atoms with van der Waals surface area (Å²) in [5.74, 6) is 1.82. The molecule has 148 valence electrons. The van der Waals surface area contributed by atoms with Gasteiger partial charge < -0.3 is 18.8 Å². The molecule has 29 heavy (non-hydrogen) atoms. The van der Waals surface area contributed by atoms with E-state index in [1.807, 2.05) is 53.4 Å². The smallest absolute Gasteiger partial charge is 0.277 e. The van der Waals surface area contributed by atoms with Crippen molar-refractivity contribution in [2.45, 2.75) is 23.3 Å². The molecule has 0 saturated carbocycles. The average molecular weight is 409 g/mol. The summed E-state index contributed by atoms with van der Waals surface area (Å²) in [6.07, 6.45) is 2.10. The number of aromatic nitrogens is 2. The van der Waals surface area contributed by atoms with Gasteiger partial charge in [0.25, 0.3) is 5.22 Å². The maximum atomic E-state index is 13.1. The maximum Gasteiger partial charge on any atom is 0.277 e. The number of ether oxygens (including phenoxy) is 2. The van der Waals surface area contributed by atoms with Crippen LogP contribution in [-0.4, -0.2) is 40.9 Å². The number of nitrogens with zero attached hydrogens (tertiary/aromatic N) is 3. The molecule has 1 saturated heterocycles. The zero-order valence-electron chi connectivity index (χ0n) is 15.6. The summed E-state index contributed by atoms with van der Waals surface area (Å²) < 4.78 is 16.6. The molecule has 1 aromatic heterocycles. The second-order valence-electron chi connectivity index (χ2n) is 6.88. The van der Waals surface area contributed by atoms with Gasteiger partial charge in [-0.2, -0.15) is 0 Å². The van der Waals surface area contributed by atoms with E-state index in [9.17, 15) is 4.79 Å². The van der Waals surface area contributed by atoms with E-state index in [1.165, 1.54) is 11.8 Å². The standard InChI is InChI=1S/C21H19N3O4S/c25-20(24-10-4-5-11-24)18(14-6-2-1-3-7-14)29-21-23-22-19(28-21)15-8-9-16-17(12-15)27-13-26-16/h1-3,6-9,12,18H,4-5,10-11,13H2/t18-/m0/s1. The van der Waals surface area contributed by atoms with Crippen molar-refractivity contribution in [2.75, 3.05) is 19.9 Å². The Morgan fingerprint density at radius 1 is 1.00 bits per heavy atom. The molecule has 2 aromatic carbocycles. The van der Waals surface area contributed by atoms with Gasteiger partial charge in [0.1, 0.15) is 5.25 Å². The predicted molar refractivity (Wildman–Crippen MR) is 107 cm³/mol. The summed E-state index contributed by atoms with van der Waals surface area (Å²) >= 11 is 1.29. The molecule has 2 aliphatic rings. The van der Waals surface area contributed by atoms with Crippen LogP contribution in [-0.2, 0) is 4.79 Å². The summed E-state index contributed by atoms with van der Waals surface area (Å²) in [7, 11) is 0. The summed E-state index contributed by atoms with van der Waals surface area (Å²) in [5.41, 5.74) is 1.67. The molecule has 3 aromatic rings. The van der Waals surface area contributed by atoms with Crippen molar-refractivity contribution in [1.82, 2.24) is 15.1 Å². The molecule has 0 bridgehead atoms. The third-order valence-corrected chi connectivity index (χ3v) is 6.07. The van der Waals surface area contributed by atoms with Crippen LogP contribution < -0.4 is 9.47 Å². The van der Waals surface area contributed by atoms with Crippen molar-refractivity contribution < 1.29 is 18.7 Å². The molecule has 0 unspecified atom stereocenters. The van der Waals surface area contributed by atoms with Crippen molar-refractivity contribution in [3.05, 3.63) is 54.1 Å². The Bertz CT molecular complexity index is 1020. The van der Waals surface area contributed by atoms with E-state index in [4.69, 9.17) is 13.9 Å². The van der Waals surface area contributed by atoms with Gasteiger partial charge in [0, 0.05) is 18.7 Å². The minimum atomic E-state index is -0.417. The lowest BCUT2D eigenvalue weighted by atomic mass is 10.1. The fraction of sp³-hybridized carbons (Fsp3) is 0.286. The average Bonchev–Trinajstić information content (AvgIpc) is 3.53. The highest BCUT2D eigenvalue weighted by Crippen LogP contribution is 2.39. The number of benzene rings is 2. The van der Waals surface area contributed by atoms with Crippen molar-refractivity contribution in [1.29, 1.82) is 0 Å². The van der Waals surface area contributed by atoms with Gasteiger partial charge in [-0.05, 0) is 48.4 Å². The molecule has 3 heterocycles. The zero-order chi connectivity index (χ0) is 19.6. The van der Waals surface area contributed by atoms with Gasteiger partial charge in [-0.1, -0.05) is 30.3 Å². The Morgan fingerprint density at radius 3 is 2.62 bits per heavy atom. The molecule has 5 rings (SSSR count). The van der Waals surface area contributed by atoms with Gasteiger partial charge in [-0.15, -0.1) is 10.2 Å². The number of amides is 1. The van der Waals surface area contributed by atoms with Gasteiger partial charge in [-0.3, -0.25) is 4.79 Å². The Balaban J connectivity index is 1.40. The quantitative estimate of drug-likeness (QED) is 0.591. The number of carbonyl (C=O) groups is 1. The normalized spacial score (nSPS) is 16.2. The SMILES string of the molecule is O=C([C@@H](Sc1nnc(-c2ccc3c(c2)OCO3)o1)c1ccccc1)N1CCCC1. The predicted octanol–water partition coefficient (Wildman–Crippen LogP) is 3.92. The van der Waals surface area contributed by atoms with E-state index in [0.29, 0.717) is 22.6 Å². The maximum absolute atomic E-state index is 13.1. The minimum Gasteiger partial charge on any atom is -0.454 e. The Hall–Kier alpha value is -3.00. The first-order valence-electron chi connectivity index (χ1n) is 9.52. The monoisotopic (exact) mass is 409 g/mol. The molecule has 1 atom stereocenters. The van der Waals surface area contributed by atoms with Crippen LogP contribution in [0.3, 0.4) is 0 Å². The van der Waals surface area contributed by atoms with Crippen LogP contribution in [0.5, 0.6) is 11.5 Å². The highest BCUT2D eigenvalue weighted by molar-refractivity contribution is 8.00. The van der Waals surface area contributed by atoms with Gasteiger partial charge in [0.15, 0.2) is 11.5 Å². The number of thioether (sulfide) groups is 1. The van der Waals surface area contributed by atoms with E-state index in [0.717, 1.165) is 37.1 Å². The third kappa shape index (κ3) is 3.67. The molecular formula is C21H19N3O4S. The lowest BCUT2D eigenvalue weighted by Crippen LogP contribution is -2.31. The zero-order valence-corrected chi connectivity index (χ0v) is 16.4. The van der Waals surface area contributed by atoms with Crippen molar-refractivity contribution in [3.8, 4) is 23.0 Å². The van der Waals surface area contributed by atoms with Crippen molar-refractivity contribution >= 4 is 17.7 Å². The van der Waals surface area contributed by atoms with Crippen LogP contribution in [0.4, 0.5) is 0 Å². The van der Waals surface area contributed by atoms with E-state index in [2.05, 4.69) is 10.2 Å². The van der Waals surface area contributed by atoms with Gasteiger partial charge in [0.2, 0.25) is 18.6 Å². The molecule has 1 amide bonds. The fourth-order valence-corrected chi connectivity index (χ4v) is 4.46. The lowest BCUT2D eigenvalue weighted by molar-refractivity contribution is -0.129. The van der Waals surface area contributed by atoms with E-state index in [-0.39, 0.29) is 12.7 Å². The largest absolute Gasteiger partial charge is 0.454 e. The Kier molecular flexibility index (Phi) is 4.85. The van der Waals surface area contributed by atoms with Crippen molar-refractivity contribution in [2.24, 2.45) is 0 Å². The van der Waals surface area contributed by atoms with Crippen LogP contribution in [0.25, 0.3) is 11.5 Å².